The van der Waals surface area contributed by atoms with Gasteiger partial charge in [0.25, 0.3) is 5.89 Å². The predicted molar refractivity (Wildman–Crippen MR) is 96.0 cm³/mol. The highest BCUT2D eigenvalue weighted by Gasteiger charge is 2.19. The van der Waals surface area contributed by atoms with Gasteiger partial charge in [0, 0.05) is 11.6 Å². The Balaban J connectivity index is 1.62. The van der Waals surface area contributed by atoms with Gasteiger partial charge in [0.05, 0.1) is 23.9 Å². The summed E-state index contributed by atoms with van der Waals surface area (Å²) in [5.74, 6) is 0.153. The minimum Gasteiger partial charge on any atom is -0.496 e. The highest BCUT2D eigenvalue weighted by atomic mass is 16.5. The maximum absolute atomic E-state index is 12.5. The van der Waals surface area contributed by atoms with Crippen LogP contribution in [0.3, 0.4) is 0 Å². The second-order valence-electron chi connectivity index (χ2n) is 5.45. The third kappa shape index (κ3) is 2.86. The molecule has 128 valence electrons. The number of hydrogen-bond acceptors (Lipinski definition) is 6. The lowest BCUT2D eigenvalue weighted by molar-refractivity contribution is 0.0991. The fourth-order valence-electron chi connectivity index (χ4n) is 2.63. The molecule has 0 aliphatic carbocycles. The van der Waals surface area contributed by atoms with E-state index in [-0.39, 0.29) is 11.8 Å². The van der Waals surface area contributed by atoms with Crippen molar-refractivity contribution in [2.24, 2.45) is 0 Å². The number of para-hydroxylation sites is 2. The Morgan fingerprint density at radius 1 is 1.04 bits per heavy atom. The van der Waals surface area contributed by atoms with Crippen LogP contribution >= 0.6 is 0 Å². The summed E-state index contributed by atoms with van der Waals surface area (Å²) in [6, 6.07) is 16.5. The number of nitrogens with zero attached hydrogens (tertiary/aromatic N) is 3. The van der Waals surface area contributed by atoms with Gasteiger partial charge in [0.15, 0.2) is 0 Å². The average Bonchev–Trinajstić information content (AvgIpc) is 3.18. The molecule has 0 saturated heterocycles. The molecule has 4 rings (SSSR count). The van der Waals surface area contributed by atoms with Crippen molar-refractivity contribution in [2.75, 3.05) is 12.4 Å². The summed E-state index contributed by atoms with van der Waals surface area (Å²) < 4.78 is 10.8. The predicted octanol–water partition coefficient (Wildman–Crippen LogP) is 3.55. The molecule has 0 bridgehead atoms. The molecular formula is C19H14N4O3. The van der Waals surface area contributed by atoms with Crippen molar-refractivity contribution in [1.29, 1.82) is 0 Å². The number of nitrogens with one attached hydrogen (secondary N) is 1. The number of hydrogen-bond donors (Lipinski definition) is 1. The molecule has 0 radical (unpaired) electrons. The van der Waals surface area contributed by atoms with Crippen LogP contribution in [0.25, 0.3) is 22.4 Å². The first kappa shape index (κ1) is 15.8. The number of methoxy groups -OCH3 is 1. The zero-order chi connectivity index (χ0) is 17.9. The number of rotatable bonds is 4. The smallest absolute Gasteiger partial charge is 0.313 e. The van der Waals surface area contributed by atoms with Crippen LogP contribution < -0.4 is 10.1 Å². The summed E-state index contributed by atoms with van der Waals surface area (Å²) in [7, 11) is 1.55. The Hall–Kier alpha value is -3.74. The second-order valence-corrected chi connectivity index (χ2v) is 5.45. The zero-order valence-electron chi connectivity index (χ0n) is 13.8. The van der Waals surface area contributed by atoms with Crippen molar-refractivity contribution >= 4 is 22.5 Å². The largest absolute Gasteiger partial charge is 0.496 e. The number of pyridine rings is 1. The van der Waals surface area contributed by atoms with Crippen LogP contribution in [-0.2, 0) is 0 Å². The second kappa shape index (κ2) is 6.64. The standard InChI is InChI=1S/C19H14N4O3/c1-25-15-10-3-2-8-13(15)18-22-23-19(26-18)17(24)21-14-9-4-6-12-7-5-11-20-16(12)14/h2-11H,1H3,(H,21,24). The first-order chi connectivity index (χ1) is 12.8. The van der Waals surface area contributed by atoms with E-state index in [0.29, 0.717) is 22.5 Å². The van der Waals surface area contributed by atoms with E-state index in [0.717, 1.165) is 5.39 Å². The number of benzene rings is 2. The van der Waals surface area contributed by atoms with Crippen LogP contribution in [0.1, 0.15) is 10.7 Å². The van der Waals surface area contributed by atoms with Gasteiger partial charge in [-0.25, -0.2) is 0 Å². The topological polar surface area (TPSA) is 90.1 Å². The first-order valence-electron chi connectivity index (χ1n) is 7.88. The third-order valence-corrected chi connectivity index (χ3v) is 3.84. The molecule has 1 amide bonds. The van der Waals surface area contributed by atoms with Gasteiger partial charge in [-0.15, -0.1) is 10.2 Å². The van der Waals surface area contributed by atoms with Crippen LogP contribution in [-0.4, -0.2) is 28.2 Å². The van der Waals surface area contributed by atoms with Gasteiger partial charge in [-0.3, -0.25) is 9.78 Å². The number of ether oxygens (including phenoxy) is 1. The number of aromatic nitrogens is 3. The molecule has 2 heterocycles. The molecule has 0 unspecified atom stereocenters. The molecule has 7 heteroatoms. The fourth-order valence-corrected chi connectivity index (χ4v) is 2.63. The summed E-state index contributed by atoms with van der Waals surface area (Å²) in [5.41, 5.74) is 1.88. The van der Waals surface area contributed by atoms with Crippen molar-refractivity contribution in [1.82, 2.24) is 15.2 Å². The molecule has 2 aromatic heterocycles. The van der Waals surface area contributed by atoms with Gasteiger partial charge in [-0.2, -0.15) is 0 Å². The van der Waals surface area contributed by atoms with Crippen LogP contribution in [0.2, 0.25) is 0 Å². The number of fused-ring (bicyclic) bond motifs is 1. The lowest BCUT2D eigenvalue weighted by atomic mass is 10.2. The average molecular weight is 346 g/mol. The minimum absolute atomic E-state index is 0.140. The van der Waals surface area contributed by atoms with Crippen LogP contribution in [0.15, 0.2) is 65.2 Å². The Morgan fingerprint density at radius 3 is 2.77 bits per heavy atom. The van der Waals surface area contributed by atoms with Gasteiger partial charge < -0.3 is 14.5 Å². The molecule has 1 N–H and O–H groups in total. The molecule has 0 spiro atoms. The van der Waals surface area contributed by atoms with Crippen molar-refractivity contribution in [3.8, 4) is 17.2 Å². The maximum Gasteiger partial charge on any atom is 0.313 e. The number of carbonyl (C=O) groups excluding carboxylic acids is 1. The van der Waals surface area contributed by atoms with Crippen molar-refractivity contribution in [2.45, 2.75) is 0 Å². The van der Waals surface area contributed by atoms with Gasteiger partial charge >= 0.3 is 11.8 Å². The van der Waals surface area contributed by atoms with Crippen LogP contribution in [0.4, 0.5) is 5.69 Å². The van der Waals surface area contributed by atoms with E-state index in [1.54, 1.807) is 31.5 Å². The van der Waals surface area contributed by atoms with E-state index in [1.807, 2.05) is 36.4 Å². The van der Waals surface area contributed by atoms with E-state index in [9.17, 15) is 4.79 Å². The molecule has 0 fully saturated rings. The molecular weight excluding hydrogens is 332 g/mol. The van der Waals surface area contributed by atoms with E-state index in [4.69, 9.17) is 9.15 Å². The number of anilines is 1. The Morgan fingerprint density at radius 2 is 1.88 bits per heavy atom. The summed E-state index contributed by atoms with van der Waals surface area (Å²) in [6.07, 6.45) is 1.67. The highest BCUT2D eigenvalue weighted by molar-refractivity contribution is 6.06. The van der Waals surface area contributed by atoms with Gasteiger partial charge in [0.1, 0.15) is 5.75 Å². The summed E-state index contributed by atoms with van der Waals surface area (Å²) in [6.45, 7) is 0. The molecule has 0 atom stereocenters. The van der Waals surface area contributed by atoms with Crippen molar-refractivity contribution in [3.05, 3.63) is 66.7 Å². The first-order valence-corrected chi connectivity index (χ1v) is 7.88. The monoisotopic (exact) mass is 346 g/mol. The quantitative estimate of drug-likeness (QED) is 0.608. The number of carbonyl (C=O) groups is 1. The lowest BCUT2D eigenvalue weighted by Crippen LogP contribution is -2.12. The minimum atomic E-state index is -0.503. The van der Waals surface area contributed by atoms with E-state index >= 15 is 0 Å². The van der Waals surface area contributed by atoms with E-state index < -0.39 is 5.91 Å². The van der Waals surface area contributed by atoms with Gasteiger partial charge in [-0.1, -0.05) is 30.3 Å². The van der Waals surface area contributed by atoms with Crippen molar-refractivity contribution < 1.29 is 13.9 Å². The SMILES string of the molecule is COc1ccccc1-c1nnc(C(=O)Nc2cccc3cccnc23)o1. The van der Waals surface area contributed by atoms with E-state index in [1.165, 1.54) is 0 Å². The molecule has 2 aromatic carbocycles. The normalized spacial score (nSPS) is 10.7. The maximum atomic E-state index is 12.5. The van der Waals surface area contributed by atoms with Crippen LogP contribution in [0.5, 0.6) is 5.75 Å². The summed E-state index contributed by atoms with van der Waals surface area (Å²) in [5, 5.41) is 11.5. The number of amides is 1. The van der Waals surface area contributed by atoms with Crippen molar-refractivity contribution in [3.63, 3.8) is 0 Å². The van der Waals surface area contributed by atoms with Gasteiger partial charge in [0.2, 0.25) is 0 Å². The molecule has 0 saturated carbocycles. The fraction of sp³-hybridized carbons (Fsp3) is 0.0526. The van der Waals surface area contributed by atoms with Gasteiger partial charge in [-0.05, 0) is 24.3 Å². The Kier molecular flexibility index (Phi) is 4.03. The van der Waals surface area contributed by atoms with E-state index in [2.05, 4.69) is 20.5 Å². The molecule has 7 nitrogen and oxygen atoms in total. The Bertz CT molecular complexity index is 1090. The lowest BCUT2D eigenvalue weighted by Gasteiger charge is -2.05. The van der Waals surface area contributed by atoms with Crippen LogP contribution in [0, 0.1) is 0 Å². The Labute approximate surface area is 148 Å². The molecule has 4 aromatic rings. The molecule has 26 heavy (non-hydrogen) atoms. The summed E-state index contributed by atoms with van der Waals surface area (Å²) in [4.78, 5) is 16.8. The zero-order valence-corrected chi connectivity index (χ0v) is 13.8. The summed E-state index contributed by atoms with van der Waals surface area (Å²) >= 11 is 0. The molecule has 0 aliphatic rings. The molecule has 0 aliphatic heterocycles. The third-order valence-electron chi connectivity index (χ3n) is 3.84. The highest BCUT2D eigenvalue weighted by Crippen LogP contribution is 2.28.